The molecular weight excluding hydrogens is 150 g/mol. The topological polar surface area (TPSA) is 21.3 Å². The fourth-order valence-electron chi connectivity index (χ4n) is 1.75. The second kappa shape index (κ2) is 5.18. The highest BCUT2D eigenvalue weighted by molar-refractivity contribution is 4.89. The molecule has 2 atom stereocenters. The minimum atomic E-state index is 0.439. The molecule has 0 aromatic rings. The van der Waals surface area contributed by atoms with Gasteiger partial charge in [-0.25, -0.2) is 0 Å². The highest BCUT2D eigenvalue weighted by atomic mass is 16.5. The molecule has 0 bridgehead atoms. The lowest BCUT2D eigenvalue weighted by Gasteiger charge is -2.28. The van der Waals surface area contributed by atoms with E-state index in [1.54, 1.807) is 7.11 Å². The van der Waals surface area contributed by atoms with E-state index in [0.29, 0.717) is 18.7 Å². The van der Waals surface area contributed by atoms with E-state index in [1.807, 2.05) is 0 Å². The third-order valence-corrected chi connectivity index (χ3v) is 2.45. The summed E-state index contributed by atoms with van der Waals surface area (Å²) in [6.07, 6.45) is 10.4. The van der Waals surface area contributed by atoms with Crippen molar-refractivity contribution in [2.75, 3.05) is 13.7 Å². The molecule has 1 aliphatic rings. The van der Waals surface area contributed by atoms with Crippen LogP contribution in [0.1, 0.15) is 25.7 Å². The second-order valence-electron chi connectivity index (χ2n) is 3.31. The highest BCUT2D eigenvalue weighted by Gasteiger charge is 2.20. The van der Waals surface area contributed by atoms with Crippen LogP contribution < -0.4 is 5.32 Å². The van der Waals surface area contributed by atoms with Crippen molar-refractivity contribution in [3.8, 4) is 12.3 Å². The molecule has 0 amide bonds. The molecule has 0 radical (unpaired) electrons. The Balaban J connectivity index is 2.22. The fraction of sp³-hybridized carbons (Fsp3) is 0.800. The summed E-state index contributed by atoms with van der Waals surface area (Å²) < 4.78 is 5.31. The number of methoxy groups -OCH3 is 1. The third-order valence-electron chi connectivity index (χ3n) is 2.45. The average Bonchev–Trinajstić information content (AvgIpc) is 2.15. The molecule has 1 aliphatic carbocycles. The maximum absolute atomic E-state index is 5.31. The lowest BCUT2D eigenvalue weighted by Crippen LogP contribution is -2.36. The molecular formula is C10H17NO. The Kier molecular flexibility index (Phi) is 4.13. The van der Waals surface area contributed by atoms with Crippen molar-refractivity contribution in [1.29, 1.82) is 0 Å². The first kappa shape index (κ1) is 9.57. The van der Waals surface area contributed by atoms with Crippen molar-refractivity contribution >= 4 is 0 Å². The van der Waals surface area contributed by atoms with E-state index in [4.69, 9.17) is 11.2 Å². The van der Waals surface area contributed by atoms with Crippen LogP contribution in [-0.4, -0.2) is 25.8 Å². The van der Waals surface area contributed by atoms with Crippen LogP contribution in [0, 0.1) is 12.3 Å². The molecule has 0 heterocycles. The van der Waals surface area contributed by atoms with Gasteiger partial charge in [0.05, 0.1) is 12.6 Å². The van der Waals surface area contributed by atoms with Crippen LogP contribution in [0.2, 0.25) is 0 Å². The lowest BCUT2D eigenvalue weighted by atomic mass is 9.93. The molecule has 0 saturated heterocycles. The summed E-state index contributed by atoms with van der Waals surface area (Å²) in [4.78, 5) is 0. The first-order valence-corrected chi connectivity index (χ1v) is 4.56. The summed E-state index contributed by atoms with van der Waals surface area (Å²) in [5, 5.41) is 3.32. The zero-order valence-electron chi connectivity index (χ0n) is 7.68. The van der Waals surface area contributed by atoms with Crippen molar-refractivity contribution in [2.45, 2.75) is 37.8 Å². The zero-order valence-corrected chi connectivity index (χ0v) is 7.68. The smallest absolute Gasteiger partial charge is 0.0586 e. The van der Waals surface area contributed by atoms with Crippen LogP contribution in [0.25, 0.3) is 0 Å². The van der Waals surface area contributed by atoms with Crippen LogP contribution in [0.5, 0.6) is 0 Å². The summed E-state index contributed by atoms with van der Waals surface area (Å²) in [5.74, 6) is 2.60. The van der Waals surface area contributed by atoms with Gasteiger partial charge in [0.2, 0.25) is 0 Å². The number of rotatable bonds is 3. The van der Waals surface area contributed by atoms with Crippen LogP contribution in [0.4, 0.5) is 0 Å². The molecule has 0 aromatic heterocycles. The lowest BCUT2D eigenvalue weighted by molar-refractivity contribution is 0.0595. The number of terminal acetylenes is 1. The first-order valence-electron chi connectivity index (χ1n) is 4.56. The molecule has 12 heavy (non-hydrogen) atoms. The molecule has 2 heteroatoms. The van der Waals surface area contributed by atoms with E-state index in [9.17, 15) is 0 Å². The van der Waals surface area contributed by atoms with Gasteiger partial charge in [0.1, 0.15) is 0 Å². The second-order valence-corrected chi connectivity index (χ2v) is 3.31. The van der Waals surface area contributed by atoms with Crippen molar-refractivity contribution in [3.63, 3.8) is 0 Å². The molecule has 68 valence electrons. The van der Waals surface area contributed by atoms with Gasteiger partial charge in [0.15, 0.2) is 0 Å². The van der Waals surface area contributed by atoms with Crippen LogP contribution >= 0.6 is 0 Å². The molecule has 1 saturated carbocycles. The molecule has 1 rings (SSSR count). The number of ether oxygens (including phenoxy) is 1. The molecule has 1 fully saturated rings. The summed E-state index contributed by atoms with van der Waals surface area (Å²) in [6, 6.07) is 0.569. The normalized spacial score (nSPS) is 29.7. The average molecular weight is 167 g/mol. The SMILES string of the molecule is C#CCNC1CCCC(OC)C1. The Bertz CT molecular complexity index is 162. The summed E-state index contributed by atoms with van der Waals surface area (Å²) in [6.45, 7) is 0.682. The van der Waals surface area contributed by atoms with Gasteiger partial charge in [-0.2, -0.15) is 0 Å². The minimum Gasteiger partial charge on any atom is -0.381 e. The Morgan fingerprint density at radius 3 is 3.08 bits per heavy atom. The summed E-state index contributed by atoms with van der Waals surface area (Å²) in [5.41, 5.74) is 0. The van der Waals surface area contributed by atoms with Crippen molar-refractivity contribution in [3.05, 3.63) is 0 Å². The van der Waals surface area contributed by atoms with E-state index < -0.39 is 0 Å². The Labute approximate surface area is 74.7 Å². The van der Waals surface area contributed by atoms with Crippen molar-refractivity contribution < 1.29 is 4.74 Å². The number of hydrogen-bond acceptors (Lipinski definition) is 2. The van der Waals surface area contributed by atoms with E-state index in [-0.39, 0.29) is 0 Å². The third kappa shape index (κ3) is 2.84. The van der Waals surface area contributed by atoms with Crippen molar-refractivity contribution in [1.82, 2.24) is 5.32 Å². The Hall–Kier alpha value is -0.520. The molecule has 0 aromatic carbocycles. The molecule has 0 spiro atoms. The van der Waals surface area contributed by atoms with Crippen LogP contribution in [0.15, 0.2) is 0 Å². The Morgan fingerprint density at radius 1 is 1.58 bits per heavy atom. The largest absolute Gasteiger partial charge is 0.381 e. The zero-order chi connectivity index (χ0) is 8.81. The fourth-order valence-corrected chi connectivity index (χ4v) is 1.75. The van der Waals surface area contributed by atoms with Gasteiger partial charge in [-0.3, -0.25) is 0 Å². The van der Waals surface area contributed by atoms with E-state index >= 15 is 0 Å². The van der Waals surface area contributed by atoms with Crippen LogP contribution in [-0.2, 0) is 4.74 Å². The predicted molar refractivity (Wildman–Crippen MR) is 49.9 cm³/mol. The van der Waals surface area contributed by atoms with Gasteiger partial charge in [0.25, 0.3) is 0 Å². The quantitative estimate of drug-likeness (QED) is 0.637. The van der Waals surface area contributed by atoms with Gasteiger partial charge in [-0.05, 0) is 25.7 Å². The van der Waals surface area contributed by atoms with Gasteiger partial charge >= 0.3 is 0 Å². The summed E-state index contributed by atoms with van der Waals surface area (Å²) in [7, 11) is 1.79. The molecule has 2 unspecified atom stereocenters. The monoisotopic (exact) mass is 167 g/mol. The van der Waals surface area contributed by atoms with E-state index in [2.05, 4.69) is 11.2 Å². The highest BCUT2D eigenvalue weighted by Crippen LogP contribution is 2.20. The maximum Gasteiger partial charge on any atom is 0.0586 e. The van der Waals surface area contributed by atoms with Crippen LogP contribution in [0.3, 0.4) is 0 Å². The summed E-state index contributed by atoms with van der Waals surface area (Å²) >= 11 is 0. The first-order chi connectivity index (χ1) is 5.86. The van der Waals surface area contributed by atoms with Crippen molar-refractivity contribution in [2.24, 2.45) is 0 Å². The van der Waals surface area contributed by atoms with E-state index in [0.717, 1.165) is 6.42 Å². The predicted octanol–water partition coefficient (Wildman–Crippen LogP) is 1.17. The number of hydrogen-bond donors (Lipinski definition) is 1. The van der Waals surface area contributed by atoms with Gasteiger partial charge < -0.3 is 10.1 Å². The Morgan fingerprint density at radius 2 is 2.42 bits per heavy atom. The maximum atomic E-state index is 5.31. The van der Waals surface area contributed by atoms with Gasteiger partial charge in [-0.15, -0.1) is 6.42 Å². The minimum absolute atomic E-state index is 0.439. The molecule has 1 N–H and O–H groups in total. The van der Waals surface area contributed by atoms with Gasteiger partial charge in [-0.1, -0.05) is 5.92 Å². The van der Waals surface area contributed by atoms with Gasteiger partial charge in [0, 0.05) is 13.2 Å². The standard InChI is InChI=1S/C10H17NO/c1-3-7-11-9-5-4-6-10(8-9)12-2/h1,9-11H,4-8H2,2H3. The number of nitrogens with one attached hydrogen (secondary N) is 1. The molecule has 0 aliphatic heterocycles. The molecule has 2 nitrogen and oxygen atoms in total. The van der Waals surface area contributed by atoms with E-state index in [1.165, 1.54) is 19.3 Å².